The van der Waals surface area contributed by atoms with E-state index < -0.39 is 0 Å². The van der Waals surface area contributed by atoms with E-state index in [1.807, 2.05) is 48.7 Å². The molecule has 1 aromatic heterocycles. The molecular weight excluding hydrogens is 314 g/mol. The van der Waals surface area contributed by atoms with Crippen LogP contribution < -0.4 is 5.48 Å². The monoisotopic (exact) mass is 337 g/mol. The van der Waals surface area contributed by atoms with Crippen LogP contribution in [0.4, 0.5) is 5.69 Å². The number of nitrogens with one attached hydrogen (secondary N) is 2. The number of fused-ring (bicyclic) bond motifs is 1. The molecule has 130 valence electrons. The zero-order valence-corrected chi connectivity index (χ0v) is 14.6. The summed E-state index contributed by atoms with van der Waals surface area (Å²) >= 11 is 0. The van der Waals surface area contributed by atoms with Crippen molar-refractivity contribution in [3.05, 3.63) is 65.9 Å². The molecule has 0 radical (unpaired) electrons. The number of hydrogen-bond acceptors (Lipinski definition) is 4. The van der Waals surface area contributed by atoms with Gasteiger partial charge in [-0.1, -0.05) is 31.2 Å². The summed E-state index contributed by atoms with van der Waals surface area (Å²) < 4.78 is 0. The molecule has 3 rings (SSSR count). The van der Waals surface area contributed by atoms with Gasteiger partial charge in [-0.2, -0.15) is 0 Å². The molecule has 0 amide bonds. The number of anilines is 1. The minimum Gasteiger partial charge on any atom is -0.361 e. The average molecular weight is 337 g/mol. The van der Waals surface area contributed by atoms with Crippen LogP contribution >= 0.6 is 0 Å². The van der Waals surface area contributed by atoms with Crippen LogP contribution in [0.25, 0.3) is 10.9 Å². The van der Waals surface area contributed by atoms with E-state index in [4.69, 9.17) is 4.84 Å². The highest BCUT2D eigenvalue weighted by atomic mass is 16.7. The summed E-state index contributed by atoms with van der Waals surface area (Å²) in [6.45, 7) is 4.07. The van der Waals surface area contributed by atoms with Gasteiger partial charge in [-0.25, -0.2) is 10.3 Å². The van der Waals surface area contributed by atoms with E-state index in [1.165, 1.54) is 0 Å². The van der Waals surface area contributed by atoms with Gasteiger partial charge in [-0.05, 0) is 49.8 Å². The molecule has 0 bridgehead atoms. The van der Waals surface area contributed by atoms with E-state index in [0.717, 1.165) is 41.7 Å². The van der Waals surface area contributed by atoms with Gasteiger partial charge in [-0.15, -0.1) is 0 Å². The minimum atomic E-state index is -0.390. The lowest BCUT2D eigenvalue weighted by Crippen LogP contribution is -2.20. The zero-order valence-electron chi connectivity index (χ0n) is 14.6. The van der Waals surface area contributed by atoms with Crippen molar-refractivity contribution >= 4 is 22.6 Å². The number of carbonyl (C=O) groups excluding carboxylic acids is 1. The van der Waals surface area contributed by atoms with Crippen LogP contribution in [0.5, 0.6) is 0 Å². The first-order valence-electron chi connectivity index (χ1n) is 8.48. The Morgan fingerprint density at radius 2 is 1.96 bits per heavy atom. The highest BCUT2D eigenvalue weighted by Crippen LogP contribution is 2.24. The quantitative estimate of drug-likeness (QED) is 0.643. The molecule has 0 aliphatic rings. The topological polar surface area (TPSA) is 57.4 Å². The maximum absolute atomic E-state index is 12.6. The van der Waals surface area contributed by atoms with E-state index in [2.05, 4.69) is 29.3 Å². The molecule has 5 heteroatoms. The summed E-state index contributed by atoms with van der Waals surface area (Å²) in [5.74, 6) is -0.390. The van der Waals surface area contributed by atoms with Crippen molar-refractivity contribution in [3.63, 3.8) is 0 Å². The largest absolute Gasteiger partial charge is 0.363 e. The van der Waals surface area contributed by atoms with Crippen LogP contribution in [0.15, 0.2) is 54.7 Å². The highest BCUT2D eigenvalue weighted by molar-refractivity contribution is 6.05. The molecule has 2 N–H and O–H groups in total. The molecular formula is C20H23N3O2. The molecule has 2 aromatic carbocycles. The van der Waals surface area contributed by atoms with Crippen molar-refractivity contribution in [1.29, 1.82) is 0 Å². The van der Waals surface area contributed by atoms with E-state index in [-0.39, 0.29) is 5.97 Å². The molecule has 0 aliphatic heterocycles. The lowest BCUT2D eigenvalue weighted by atomic mass is 10.0. The number of benzene rings is 2. The SMILES string of the molecule is CCN(C)CCc1c[nH]c2cccc(C(=O)ONc3ccccc3)c12. The molecule has 5 nitrogen and oxygen atoms in total. The third-order valence-electron chi connectivity index (χ3n) is 4.35. The van der Waals surface area contributed by atoms with E-state index in [0.29, 0.717) is 5.56 Å². The molecule has 0 fully saturated rings. The highest BCUT2D eigenvalue weighted by Gasteiger charge is 2.16. The van der Waals surface area contributed by atoms with Crippen molar-refractivity contribution in [3.8, 4) is 0 Å². The molecule has 0 atom stereocenters. The summed E-state index contributed by atoms with van der Waals surface area (Å²) in [5.41, 5.74) is 6.09. The van der Waals surface area contributed by atoms with Crippen LogP contribution in [0, 0.1) is 0 Å². The van der Waals surface area contributed by atoms with Crippen molar-refractivity contribution in [2.24, 2.45) is 0 Å². The van der Waals surface area contributed by atoms with Crippen molar-refractivity contribution in [1.82, 2.24) is 9.88 Å². The molecule has 0 aliphatic carbocycles. The molecule has 25 heavy (non-hydrogen) atoms. The van der Waals surface area contributed by atoms with E-state index in [9.17, 15) is 4.79 Å². The smallest absolute Gasteiger partial charge is 0.361 e. The first-order valence-corrected chi connectivity index (χ1v) is 8.48. The van der Waals surface area contributed by atoms with Gasteiger partial charge in [0.05, 0.1) is 11.3 Å². The number of nitrogens with zero attached hydrogens (tertiary/aromatic N) is 1. The lowest BCUT2D eigenvalue weighted by Gasteiger charge is -2.13. The standard InChI is InChI=1S/C20H23N3O2/c1-3-23(2)13-12-15-14-21-18-11-7-10-17(19(15)18)20(24)25-22-16-8-5-4-6-9-16/h4-11,14,21-22H,3,12-13H2,1-2H3. The van der Waals surface area contributed by atoms with Crippen LogP contribution in [0.3, 0.4) is 0 Å². The van der Waals surface area contributed by atoms with Gasteiger partial charge in [0.1, 0.15) is 0 Å². The van der Waals surface area contributed by atoms with Gasteiger partial charge in [0.15, 0.2) is 0 Å². The Kier molecular flexibility index (Phi) is 5.36. The number of hydrogen-bond donors (Lipinski definition) is 2. The molecule has 0 saturated heterocycles. The second-order valence-corrected chi connectivity index (χ2v) is 6.05. The first kappa shape index (κ1) is 17.0. The Balaban J connectivity index is 1.80. The molecule has 0 saturated carbocycles. The predicted octanol–water partition coefficient (Wildman–Crippen LogP) is 3.85. The van der Waals surface area contributed by atoms with Gasteiger partial charge >= 0.3 is 5.97 Å². The van der Waals surface area contributed by atoms with Crippen LogP contribution in [-0.2, 0) is 11.3 Å². The fourth-order valence-electron chi connectivity index (χ4n) is 2.76. The van der Waals surface area contributed by atoms with E-state index >= 15 is 0 Å². The Morgan fingerprint density at radius 3 is 2.72 bits per heavy atom. The maximum Gasteiger partial charge on any atom is 0.363 e. The predicted molar refractivity (Wildman–Crippen MR) is 101 cm³/mol. The third kappa shape index (κ3) is 4.00. The van der Waals surface area contributed by atoms with Crippen molar-refractivity contribution in [2.45, 2.75) is 13.3 Å². The number of aromatic amines is 1. The lowest BCUT2D eigenvalue weighted by molar-refractivity contribution is 0.0598. The van der Waals surface area contributed by atoms with Crippen LogP contribution in [0.2, 0.25) is 0 Å². The van der Waals surface area contributed by atoms with Crippen molar-refractivity contribution < 1.29 is 9.63 Å². The Bertz CT molecular complexity index is 843. The molecule has 0 spiro atoms. The molecule has 0 unspecified atom stereocenters. The summed E-state index contributed by atoms with van der Waals surface area (Å²) in [4.78, 5) is 23.3. The second-order valence-electron chi connectivity index (χ2n) is 6.05. The molecule has 1 heterocycles. The summed E-state index contributed by atoms with van der Waals surface area (Å²) in [6.07, 6.45) is 2.86. The Morgan fingerprint density at radius 1 is 1.16 bits per heavy atom. The number of aromatic nitrogens is 1. The van der Waals surface area contributed by atoms with Gasteiger partial charge < -0.3 is 14.7 Å². The number of carbonyl (C=O) groups is 1. The van der Waals surface area contributed by atoms with Crippen molar-refractivity contribution in [2.75, 3.05) is 25.6 Å². The summed E-state index contributed by atoms with van der Waals surface area (Å²) in [5, 5.41) is 0.937. The van der Waals surface area contributed by atoms with Crippen LogP contribution in [0.1, 0.15) is 22.8 Å². The number of likely N-dealkylation sites (N-methyl/N-ethyl adjacent to an activating group) is 1. The van der Waals surface area contributed by atoms with Gasteiger partial charge in [0.25, 0.3) is 0 Å². The first-order chi connectivity index (χ1) is 12.2. The van der Waals surface area contributed by atoms with Gasteiger partial charge in [0.2, 0.25) is 0 Å². The number of rotatable bonds is 7. The third-order valence-corrected chi connectivity index (χ3v) is 4.35. The normalized spacial score (nSPS) is 11.0. The Labute approximate surface area is 147 Å². The van der Waals surface area contributed by atoms with E-state index in [1.54, 1.807) is 6.07 Å². The second kappa shape index (κ2) is 7.85. The fourth-order valence-corrected chi connectivity index (χ4v) is 2.76. The molecule has 3 aromatic rings. The average Bonchev–Trinajstić information content (AvgIpc) is 3.08. The fraction of sp³-hybridized carbons (Fsp3) is 0.250. The Hall–Kier alpha value is -2.79. The van der Waals surface area contributed by atoms with Crippen LogP contribution in [-0.4, -0.2) is 36.0 Å². The maximum atomic E-state index is 12.6. The number of para-hydroxylation sites is 1. The zero-order chi connectivity index (χ0) is 17.6. The summed E-state index contributed by atoms with van der Waals surface area (Å²) in [6, 6.07) is 15.0. The van der Waals surface area contributed by atoms with Gasteiger partial charge in [0, 0.05) is 23.6 Å². The minimum absolute atomic E-state index is 0.390. The summed E-state index contributed by atoms with van der Waals surface area (Å²) in [7, 11) is 2.09. The van der Waals surface area contributed by atoms with Gasteiger partial charge in [-0.3, -0.25) is 0 Å². The number of H-pyrrole nitrogens is 1.